The van der Waals surface area contributed by atoms with E-state index >= 15 is 0 Å². The third-order valence-corrected chi connectivity index (χ3v) is 4.68. The second-order valence-corrected chi connectivity index (χ2v) is 6.98. The van der Waals surface area contributed by atoms with Crippen LogP contribution in [0.1, 0.15) is 52.9 Å². The van der Waals surface area contributed by atoms with Crippen LogP contribution in [0.15, 0.2) is 11.6 Å². The zero-order chi connectivity index (χ0) is 19.4. The average Bonchev–Trinajstić information content (AvgIpc) is 2.61. The molecule has 5 atom stereocenters. The van der Waals surface area contributed by atoms with Gasteiger partial charge in [0.15, 0.2) is 0 Å². The van der Waals surface area contributed by atoms with Crippen molar-refractivity contribution >= 4 is 0 Å². The highest BCUT2D eigenvalue weighted by molar-refractivity contribution is 5.06. The van der Waals surface area contributed by atoms with E-state index in [2.05, 4.69) is 26.8 Å². The second-order valence-electron chi connectivity index (χ2n) is 6.98. The first kappa shape index (κ1) is 24.5. The van der Waals surface area contributed by atoms with Gasteiger partial charge in [0.05, 0.1) is 12.7 Å². The van der Waals surface area contributed by atoms with Crippen LogP contribution in [0.3, 0.4) is 0 Å². The summed E-state index contributed by atoms with van der Waals surface area (Å²) < 4.78 is 0. The van der Waals surface area contributed by atoms with E-state index in [4.69, 9.17) is 5.11 Å². The van der Waals surface area contributed by atoms with Gasteiger partial charge in [0.1, 0.15) is 18.3 Å². The van der Waals surface area contributed by atoms with E-state index in [-0.39, 0.29) is 6.54 Å². The van der Waals surface area contributed by atoms with Gasteiger partial charge in [-0.2, -0.15) is 0 Å². The lowest BCUT2D eigenvalue weighted by Gasteiger charge is -2.29. The highest BCUT2D eigenvalue weighted by atomic mass is 16.4. The Kier molecular flexibility index (Phi) is 13.4. The number of aliphatic hydroxyl groups is 5. The minimum absolute atomic E-state index is 0.166. The first-order valence-corrected chi connectivity index (χ1v) is 9.51. The normalized spacial score (nSPS) is 18.9. The molecule has 0 radical (unpaired) electrons. The van der Waals surface area contributed by atoms with Crippen LogP contribution < -0.4 is 0 Å². The SMILES string of the molecule is CCCCC(/C=C(\CC)CN(C)CC(O)C(O)C(O)C(O)CO)CC. The zero-order valence-corrected chi connectivity index (χ0v) is 16.3. The van der Waals surface area contributed by atoms with Crippen molar-refractivity contribution in [3.63, 3.8) is 0 Å². The standard InChI is InChI=1S/C19H39NO5/c1-5-8-9-14(6-2)10-15(7-3)11-20(4)12-16(22)18(24)19(25)17(23)13-21/h10,14,16-19,21-25H,5-9,11-13H2,1-4H3/b15-10+. The van der Waals surface area contributed by atoms with Gasteiger partial charge in [-0.3, -0.25) is 4.90 Å². The number of nitrogens with zero attached hydrogens (tertiary/aromatic N) is 1. The van der Waals surface area contributed by atoms with E-state index in [9.17, 15) is 20.4 Å². The minimum Gasteiger partial charge on any atom is -0.394 e. The Morgan fingerprint density at radius 1 is 1.00 bits per heavy atom. The van der Waals surface area contributed by atoms with Gasteiger partial charge < -0.3 is 25.5 Å². The van der Waals surface area contributed by atoms with E-state index in [1.165, 1.54) is 24.8 Å². The van der Waals surface area contributed by atoms with Gasteiger partial charge in [0.25, 0.3) is 0 Å². The molecule has 0 aliphatic carbocycles. The van der Waals surface area contributed by atoms with Crippen LogP contribution in [0, 0.1) is 5.92 Å². The maximum atomic E-state index is 10.1. The van der Waals surface area contributed by atoms with E-state index in [1.807, 2.05) is 11.9 Å². The van der Waals surface area contributed by atoms with Crippen molar-refractivity contribution in [2.75, 3.05) is 26.7 Å². The molecule has 0 bridgehead atoms. The van der Waals surface area contributed by atoms with Gasteiger partial charge >= 0.3 is 0 Å². The second kappa shape index (κ2) is 13.7. The maximum Gasteiger partial charge on any atom is 0.111 e. The fourth-order valence-electron chi connectivity index (χ4n) is 2.89. The van der Waals surface area contributed by atoms with Gasteiger partial charge in [-0.1, -0.05) is 45.3 Å². The number of hydrogen-bond donors (Lipinski definition) is 5. The summed E-state index contributed by atoms with van der Waals surface area (Å²) >= 11 is 0. The summed E-state index contributed by atoms with van der Waals surface area (Å²) in [6.07, 6.45) is 2.21. The lowest BCUT2D eigenvalue weighted by Crippen LogP contribution is -2.49. The number of rotatable bonds is 14. The van der Waals surface area contributed by atoms with Crippen molar-refractivity contribution in [1.82, 2.24) is 4.90 Å². The number of likely N-dealkylation sites (N-methyl/N-ethyl adjacent to an activating group) is 1. The molecular formula is C19H39NO5. The highest BCUT2D eigenvalue weighted by Crippen LogP contribution is 2.18. The molecule has 0 aromatic rings. The van der Waals surface area contributed by atoms with Gasteiger partial charge in [-0.15, -0.1) is 0 Å². The molecule has 0 aliphatic rings. The van der Waals surface area contributed by atoms with E-state index in [0.717, 1.165) is 12.8 Å². The third-order valence-electron chi connectivity index (χ3n) is 4.68. The van der Waals surface area contributed by atoms with Gasteiger partial charge in [0, 0.05) is 13.1 Å². The molecule has 150 valence electrons. The Morgan fingerprint density at radius 3 is 2.08 bits per heavy atom. The Labute approximate surface area is 152 Å². The van der Waals surface area contributed by atoms with Crippen LogP contribution in [0.4, 0.5) is 0 Å². The Balaban J connectivity index is 4.64. The average molecular weight is 362 g/mol. The van der Waals surface area contributed by atoms with E-state index in [1.54, 1.807) is 0 Å². The van der Waals surface area contributed by atoms with Crippen molar-refractivity contribution < 1.29 is 25.5 Å². The molecule has 0 saturated heterocycles. The van der Waals surface area contributed by atoms with Crippen molar-refractivity contribution in [1.29, 1.82) is 0 Å². The van der Waals surface area contributed by atoms with Crippen molar-refractivity contribution in [3.8, 4) is 0 Å². The van der Waals surface area contributed by atoms with Gasteiger partial charge in [-0.05, 0) is 32.2 Å². The summed E-state index contributed by atoms with van der Waals surface area (Å²) in [4.78, 5) is 1.90. The van der Waals surface area contributed by atoms with Crippen LogP contribution in [-0.2, 0) is 0 Å². The number of allylic oxidation sites excluding steroid dienone is 1. The molecule has 0 saturated carbocycles. The predicted octanol–water partition coefficient (Wildman–Crippen LogP) is 0.907. The summed E-state index contributed by atoms with van der Waals surface area (Å²) in [5.74, 6) is 0.570. The molecule has 0 spiro atoms. The Hall–Kier alpha value is -0.500. The number of hydrogen-bond acceptors (Lipinski definition) is 6. The van der Waals surface area contributed by atoms with Crippen LogP contribution in [0.25, 0.3) is 0 Å². The zero-order valence-electron chi connectivity index (χ0n) is 16.3. The van der Waals surface area contributed by atoms with Crippen LogP contribution in [0.2, 0.25) is 0 Å². The summed E-state index contributed by atoms with van der Waals surface area (Å²) in [7, 11) is 1.85. The lowest BCUT2D eigenvalue weighted by atomic mass is 9.95. The molecule has 5 unspecified atom stereocenters. The number of aliphatic hydroxyl groups excluding tert-OH is 5. The molecule has 0 heterocycles. The fraction of sp³-hybridized carbons (Fsp3) is 0.895. The molecule has 0 amide bonds. The van der Waals surface area contributed by atoms with Gasteiger partial charge in [0.2, 0.25) is 0 Å². The summed E-state index contributed by atoms with van der Waals surface area (Å²) in [6.45, 7) is 6.68. The largest absolute Gasteiger partial charge is 0.394 e. The third kappa shape index (κ3) is 9.68. The summed E-state index contributed by atoms with van der Waals surface area (Å²) in [6, 6.07) is 0. The molecule has 0 aromatic heterocycles. The summed E-state index contributed by atoms with van der Waals surface area (Å²) in [5, 5.41) is 47.8. The molecule has 6 heteroatoms. The van der Waals surface area contributed by atoms with Crippen LogP contribution >= 0.6 is 0 Å². The monoisotopic (exact) mass is 361 g/mol. The smallest absolute Gasteiger partial charge is 0.111 e. The Bertz CT molecular complexity index is 364. The fourth-order valence-corrected chi connectivity index (χ4v) is 2.89. The Morgan fingerprint density at radius 2 is 1.60 bits per heavy atom. The van der Waals surface area contributed by atoms with Crippen molar-refractivity contribution in [3.05, 3.63) is 11.6 Å². The van der Waals surface area contributed by atoms with Crippen LogP contribution in [0.5, 0.6) is 0 Å². The molecule has 0 aliphatic heterocycles. The number of unbranched alkanes of at least 4 members (excludes halogenated alkanes) is 1. The van der Waals surface area contributed by atoms with Crippen molar-refractivity contribution in [2.24, 2.45) is 5.92 Å². The molecule has 0 fully saturated rings. The molecule has 6 nitrogen and oxygen atoms in total. The first-order valence-electron chi connectivity index (χ1n) is 9.51. The molecule has 0 rings (SSSR count). The first-order chi connectivity index (χ1) is 11.8. The molecular weight excluding hydrogens is 322 g/mol. The van der Waals surface area contributed by atoms with Crippen molar-refractivity contribution in [2.45, 2.75) is 77.3 Å². The van der Waals surface area contributed by atoms with E-state index in [0.29, 0.717) is 12.5 Å². The molecule has 0 aromatic carbocycles. The minimum atomic E-state index is -1.58. The summed E-state index contributed by atoms with van der Waals surface area (Å²) in [5.41, 5.74) is 1.29. The molecule has 25 heavy (non-hydrogen) atoms. The topological polar surface area (TPSA) is 104 Å². The highest BCUT2D eigenvalue weighted by Gasteiger charge is 2.30. The molecule has 5 N–H and O–H groups in total. The van der Waals surface area contributed by atoms with Crippen LogP contribution in [-0.4, -0.2) is 81.6 Å². The lowest BCUT2D eigenvalue weighted by molar-refractivity contribution is -0.118. The quantitative estimate of drug-likeness (QED) is 0.295. The predicted molar refractivity (Wildman–Crippen MR) is 100 cm³/mol. The van der Waals surface area contributed by atoms with E-state index < -0.39 is 31.0 Å². The van der Waals surface area contributed by atoms with Gasteiger partial charge in [-0.25, -0.2) is 0 Å². The maximum absolute atomic E-state index is 10.1.